The summed E-state index contributed by atoms with van der Waals surface area (Å²) in [5.41, 5.74) is 3.64. The van der Waals surface area contributed by atoms with E-state index in [0.717, 1.165) is 11.1 Å². The van der Waals surface area contributed by atoms with E-state index in [9.17, 15) is 9.90 Å². The first-order valence-corrected chi connectivity index (χ1v) is 10.9. The zero-order valence-electron chi connectivity index (χ0n) is 19.1. The molecule has 0 bridgehead atoms. The van der Waals surface area contributed by atoms with Crippen molar-refractivity contribution >= 4 is 28.6 Å². The minimum atomic E-state index is -0.325. The number of hydrogen-bond donors (Lipinski definition) is 4. The Kier molecular flexibility index (Phi) is 7.26. The lowest BCUT2D eigenvalue weighted by molar-refractivity contribution is -0.111. The number of nitrogens with one attached hydrogen (secondary N) is 3. The van der Waals surface area contributed by atoms with Crippen molar-refractivity contribution in [1.29, 1.82) is 0 Å². The lowest BCUT2D eigenvalue weighted by Crippen LogP contribution is -2.16. The van der Waals surface area contributed by atoms with Crippen LogP contribution in [0, 0.1) is 0 Å². The van der Waals surface area contributed by atoms with Gasteiger partial charge in [0.1, 0.15) is 12.2 Å². The number of nitrogens with zero attached hydrogens (tertiary/aromatic N) is 4. The second-order valence-electron chi connectivity index (χ2n) is 8.03. The molecule has 0 aliphatic heterocycles. The van der Waals surface area contributed by atoms with Gasteiger partial charge >= 0.3 is 0 Å². The van der Waals surface area contributed by atoms with Crippen LogP contribution in [0.25, 0.3) is 22.6 Å². The fourth-order valence-electron chi connectivity index (χ4n) is 3.42. The molecule has 0 spiro atoms. The molecule has 1 amide bonds. The van der Waals surface area contributed by atoms with E-state index in [1.54, 1.807) is 0 Å². The third-order valence-corrected chi connectivity index (χ3v) is 5.14. The van der Waals surface area contributed by atoms with Crippen molar-refractivity contribution in [3.63, 3.8) is 0 Å². The largest absolute Gasteiger partial charge is 0.394 e. The first-order chi connectivity index (χ1) is 16.5. The summed E-state index contributed by atoms with van der Waals surface area (Å²) < 4.78 is 0. The van der Waals surface area contributed by atoms with Crippen molar-refractivity contribution in [2.45, 2.75) is 6.04 Å². The zero-order chi connectivity index (χ0) is 23.9. The number of imidazole rings is 1. The molecule has 9 nitrogen and oxygen atoms in total. The Morgan fingerprint density at radius 1 is 1.12 bits per heavy atom. The fraction of sp³-hybridized carbons (Fsp3) is 0.200. The highest BCUT2D eigenvalue weighted by Crippen LogP contribution is 2.26. The number of carbonyl (C=O) groups is 1. The van der Waals surface area contributed by atoms with Crippen LogP contribution < -0.4 is 10.6 Å². The number of likely N-dealkylation sites (N-methyl/N-ethyl adjacent to an activating group) is 1. The molecule has 34 heavy (non-hydrogen) atoms. The van der Waals surface area contributed by atoms with Crippen LogP contribution in [0.15, 0.2) is 73.1 Å². The normalized spacial score (nSPS) is 12.4. The molecule has 2 heterocycles. The number of fused-ring (bicyclic) bond motifs is 1. The predicted molar refractivity (Wildman–Crippen MR) is 133 cm³/mol. The van der Waals surface area contributed by atoms with Crippen LogP contribution in [-0.4, -0.2) is 63.1 Å². The number of H-pyrrole nitrogens is 1. The molecule has 4 N–H and O–H groups in total. The number of aromatic amines is 1. The van der Waals surface area contributed by atoms with E-state index in [1.165, 1.54) is 12.4 Å². The Balaban J connectivity index is 1.51. The topological polar surface area (TPSA) is 119 Å². The number of hydrogen-bond acceptors (Lipinski definition) is 7. The molecule has 0 aliphatic carbocycles. The van der Waals surface area contributed by atoms with Crippen LogP contribution in [0.2, 0.25) is 0 Å². The highest BCUT2D eigenvalue weighted by Gasteiger charge is 2.16. The number of rotatable bonds is 9. The molecule has 0 saturated heterocycles. The zero-order valence-corrected chi connectivity index (χ0v) is 19.1. The smallest absolute Gasteiger partial charge is 0.248 e. The number of aliphatic hydroxyl groups is 1. The van der Waals surface area contributed by atoms with Crippen molar-refractivity contribution < 1.29 is 9.90 Å². The molecule has 2 aromatic carbocycles. The number of anilines is 2. The van der Waals surface area contributed by atoms with Crippen LogP contribution in [0.4, 0.5) is 11.5 Å². The number of benzene rings is 2. The first-order valence-electron chi connectivity index (χ1n) is 10.9. The van der Waals surface area contributed by atoms with Gasteiger partial charge in [0.05, 0.1) is 12.6 Å². The van der Waals surface area contributed by atoms with Gasteiger partial charge in [0, 0.05) is 23.9 Å². The van der Waals surface area contributed by atoms with Gasteiger partial charge in [0.25, 0.3) is 0 Å². The SMILES string of the molecule is CN(C)C/C=C/C(=O)Nc1ccc(-c2nc3c(N[C@H](CO)c4ccccc4)ncnc3[nH]2)cc1. The molecule has 0 fully saturated rings. The van der Waals surface area contributed by atoms with E-state index < -0.39 is 0 Å². The summed E-state index contributed by atoms with van der Waals surface area (Å²) in [6, 6.07) is 16.7. The second-order valence-corrected chi connectivity index (χ2v) is 8.03. The van der Waals surface area contributed by atoms with Gasteiger partial charge in [0.2, 0.25) is 5.91 Å². The third-order valence-electron chi connectivity index (χ3n) is 5.14. The average molecular weight is 458 g/mol. The van der Waals surface area contributed by atoms with Crippen LogP contribution in [0.1, 0.15) is 11.6 Å². The van der Waals surface area contributed by atoms with E-state index >= 15 is 0 Å². The average Bonchev–Trinajstić information content (AvgIpc) is 3.28. The van der Waals surface area contributed by atoms with Gasteiger partial charge in [-0.15, -0.1) is 0 Å². The molecule has 2 aromatic heterocycles. The van der Waals surface area contributed by atoms with Crippen molar-refractivity contribution in [2.24, 2.45) is 0 Å². The maximum absolute atomic E-state index is 12.0. The van der Waals surface area contributed by atoms with Gasteiger partial charge in [0.15, 0.2) is 17.0 Å². The monoisotopic (exact) mass is 457 g/mol. The summed E-state index contributed by atoms with van der Waals surface area (Å²) in [5.74, 6) is 0.979. The highest BCUT2D eigenvalue weighted by molar-refractivity contribution is 5.99. The number of carbonyl (C=O) groups excluding carboxylic acids is 1. The van der Waals surface area contributed by atoms with Crippen LogP contribution in [0.3, 0.4) is 0 Å². The van der Waals surface area contributed by atoms with E-state index in [4.69, 9.17) is 0 Å². The minimum Gasteiger partial charge on any atom is -0.394 e. The Morgan fingerprint density at radius 2 is 1.88 bits per heavy atom. The summed E-state index contributed by atoms with van der Waals surface area (Å²) in [4.78, 5) is 30.5. The maximum Gasteiger partial charge on any atom is 0.248 e. The third kappa shape index (κ3) is 5.64. The molecule has 1 atom stereocenters. The van der Waals surface area contributed by atoms with Gasteiger partial charge in [-0.05, 0) is 43.9 Å². The summed E-state index contributed by atoms with van der Waals surface area (Å²) in [6.45, 7) is 0.604. The minimum absolute atomic E-state index is 0.0930. The summed E-state index contributed by atoms with van der Waals surface area (Å²) in [7, 11) is 3.88. The summed E-state index contributed by atoms with van der Waals surface area (Å²) in [5, 5.41) is 16.0. The Hall–Kier alpha value is -4.08. The molecule has 9 heteroatoms. The van der Waals surface area contributed by atoms with Crippen LogP contribution in [-0.2, 0) is 4.79 Å². The van der Waals surface area contributed by atoms with E-state index in [1.807, 2.05) is 79.7 Å². The molecular weight excluding hydrogens is 430 g/mol. The molecule has 0 aliphatic rings. The van der Waals surface area contributed by atoms with E-state index in [0.29, 0.717) is 35.0 Å². The van der Waals surface area contributed by atoms with E-state index in [2.05, 4.69) is 30.6 Å². The van der Waals surface area contributed by atoms with Gasteiger partial charge in [-0.2, -0.15) is 0 Å². The van der Waals surface area contributed by atoms with Crippen molar-refractivity contribution in [2.75, 3.05) is 37.9 Å². The molecule has 0 saturated carbocycles. The number of aliphatic hydroxyl groups excluding tert-OH is 1. The Labute approximate surface area is 197 Å². The molecule has 4 rings (SSSR count). The second kappa shape index (κ2) is 10.7. The van der Waals surface area contributed by atoms with Crippen molar-refractivity contribution in [3.05, 3.63) is 78.6 Å². The Morgan fingerprint density at radius 3 is 2.59 bits per heavy atom. The standard InChI is InChI=1S/C25H27N7O2/c1-32(2)14-6-9-21(34)28-19-12-10-18(11-13-19)23-30-22-24(26-16-27-25(22)31-23)29-20(15-33)17-7-4-3-5-8-17/h3-13,16,20,33H,14-15H2,1-2H3,(H,28,34)(H2,26,27,29,30,31)/b9-6+/t20-/m1/s1. The molecule has 0 radical (unpaired) electrons. The van der Waals surface area contributed by atoms with Crippen molar-refractivity contribution in [1.82, 2.24) is 24.8 Å². The highest BCUT2D eigenvalue weighted by atomic mass is 16.3. The molecule has 174 valence electrons. The lowest BCUT2D eigenvalue weighted by Gasteiger charge is -2.17. The first kappa shape index (κ1) is 23.1. The fourth-order valence-corrected chi connectivity index (χ4v) is 3.42. The summed E-state index contributed by atoms with van der Waals surface area (Å²) >= 11 is 0. The molecule has 0 unspecified atom stereocenters. The van der Waals surface area contributed by atoms with Gasteiger partial charge in [-0.1, -0.05) is 36.4 Å². The predicted octanol–water partition coefficient (Wildman–Crippen LogP) is 3.22. The van der Waals surface area contributed by atoms with Gasteiger partial charge < -0.3 is 25.6 Å². The number of amides is 1. The lowest BCUT2D eigenvalue weighted by atomic mass is 10.1. The molecule has 4 aromatic rings. The van der Waals surface area contributed by atoms with Gasteiger partial charge in [-0.3, -0.25) is 4.79 Å². The molecular formula is C25H27N7O2. The van der Waals surface area contributed by atoms with Crippen LogP contribution in [0.5, 0.6) is 0 Å². The quantitative estimate of drug-likeness (QED) is 0.285. The maximum atomic E-state index is 12.0. The van der Waals surface area contributed by atoms with Crippen molar-refractivity contribution in [3.8, 4) is 11.4 Å². The van der Waals surface area contributed by atoms with Crippen LogP contribution >= 0.6 is 0 Å². The Bertz CT molecular complexity index is 1270. The van der Waals surface area contributed by atoms with E-state index in [-0.39, 0.29) is 18.6 Å². The van der Waals surface area contributed by atoms with Gasteiger partial charge in [-0.25, -0.2) is 15.0 Å². The summed E-state index contributed by atoms with van der Waals surface area (Å²) in [6.07, 6.45) is 4.79. The number of aromatic nitrogens is 4.